The summed E-state index contributed by atoms with van der Waals surface area (Å²) in [4.78, 5) is 0. The van der Waals surface area contributed by atoms with Crippen LogP contribution < -0.4 is 4.74 Å². The molecule has 0 fully saturated rings. The minimum absolute atomic E-state index is 0.651. The predicted octanol–water partition coefficient (Wildman–Crippen LogP) is 1.41. The fraction of sp³-hybridized carbons (Fsp3) is 0.300. The first-order valence-corrected chi connectivity index (χ1v) is 4.05. The van der Waals surface area contributed by atoms with Gasteiger partial charge in [0.1, 0.15) is 12.8 Å². The third-order valence-corrected chi connectivity index (χ3v) is 2.01. The first-order chi connectivity index (χ1) is 5.77. The molecule has 1 aromatic rings. The molecule has 0 unspecified atom stereocenters. The molecular formula is C10H12NO+. The quantitative estimate of drug-likeness (QED) is 0.525. The van der Waals surface area contributed by atoms with Crippen molar-refractivity contribution >= 4 is 6.21 Å². The summed E-state index contributed by atoms with van der Waals surface area (Å²) in [5.41, 5.74) is 2.38. The molecule has 0 saturated heterocycles. The number of ether oxygens (including phenoxy) is 1. The van der Waals surface area contributed by atoms with E-state index in [1.165, 1.54) is 11.1 Å². The van der Waals surface area contributed by atoms with E-state index in [1.54, 1.807) is 0 Å². The fourth-order valence-corrected chi connectivity index (χ4v) is 1.42. The minimum atomic E-state index is 0.651. The van der Waals surface area contributed by atoms with Crippen molar-refractivity contribution in [1.82, 2.24) is 0 Å². The monoisotopic (exact) mass is 162 g/mol. The van der Waals surface area contributed by atoms with Crippen LogP contribution in [0.3, 0.4) is 0 Å². The normalized spacial score (nSPS) is 14.7. The van der Waals surface area contributed by atoms with Gasteiger partial charge in [0.05, 0.1) is 5.56 Å². The van der Waals surface area contributed by atoms with E-state index in [2.05, 4.69) is 25.3 Å². The van der Waals surface area contributed by atoms with Crippen LogP contribution in [0.1, 0.15) is 11.1 Å². The maximum Gasteiger partial charge on any atom is 0.286 e. The lowest BCUT2D eigenvalue weighted by atomic mass is 10.1. The standard InChI is InChI=1S/C10H12NO/c1-8-4-3-5-9-6-11(2)7-12-10(8)9/h3-6H,7H2,1-2H3/q+1. The van der Waals surface area contributed by atoms with Crippen LogP contribution in [0.15, 0.2) is 18.2 Å². The van der Waals surface area contributed by atoms with Gasteiger partial charge in [-0.2, -0.15) is 0 Å². The highest BCUT2D eigenvalue weighted by Gasteiger charge is 2.14. The molecule has 0 amide bonds. The van der Waals surface area contributed by atoms with E-state index in [9.17, 15) is 0 Å². The number of benzene rings is 1. The summed E-state index contributed by atoms with van der Waals surface area (Å²) in [5, 5.41) is 0. The van der Waals surface area contributed by atoms with E-state index in [0.29, 0.717) is 6.73 Å². The Labute approximate surface area is 72.1 Å². The summed E-state index contributed by atoms with van der Waals surface area (Å²) >= 11 is 0. The second kappa shape index (κ2) is 2.63. The molecule has 0 atom stereocenters. The third-order valence-electron chi connectivity index (χ3n) is 2.01. The summed E-state index contributed by atoms with van der Waals surface area (Å²) in [6, 6.07) is 6.18. The second-order valence-corrected chi connectivity index (χ2v) is 3.15. The molecule has 2 heteroatoms. The molecule has 1 heterocycles. The average Bonchev–Trinajstić information content (AvgIpc) is 2.04. The van der Waals surface area contributed by atoms with Gasteiger partial charge in [0.2, 0.25) is 0 Å². The Balaban J connectivity index is 2.57. The maximum absolute atomic E-state index is 5.56. The van der Waals surface area contributed by atoms with Crippen molar-refractivity contribution in [2.24, 2.45) is 0 Å². The van der Waals surface area contributed by atoms with E-state index < -0.39 is 0 Å². The molecule has 2 rings (SSSR count). The van der Waals surface area contributed by atoms with Crippen LogP contribution in [-0.2, 0) is 0 Å². The molecule has 0 aliphatic carbocycles. The van der Waals surface area contributed by atoms with Gasteiger partial charge in [-0.15, -0.1) is 0 Å². The molecule has 0 spiro atoms. The summed E-state index contributed by atoms with van der Waals surface area (Å²) in [6.45, 7) is 2.72. The van der Waals surface area contributed by atoms with Crippen molar-refractivity contribution in [2.45, 2.75) is 6.92 Å². The van der Waals surface area contributed by atoms with E-state index in [-0.39, 0.29) is 0 Å². The molecule has 0 saturated carbocycles. The zero-order chi connectivity index (χ0) is 8.55. The molecule has 0 N–H and O–H groups in total. The van der Waals surface area contributed by atoms with Crippen LogP contribution in [-0.4, -0.2) is 24.6 Å². The number of hydrogen-bond acceptors (Lipinski definition) is 1. The third kappa shape index (κ3) is 1.09. The lowest BCUT2D eigenvalue weighted by Gasteiger charge is -2.13. The van der Waals surface area contributed by atoms with Gasteiger partial charge in [-0.05, 0) is 18.6 Å². The Kier molecular flexibility index (Phi) is 1.61. The highest BCUT2D eigenvalue weighted by molar-refractivity contribution is 5.81. The van der Waals surface area contributed by atoms with Gasteiger partial charge in [0.25, 0.3) is 6.73 Å². The first kappa shape index (κ1) is 7.35. The molecule has 0 bridgehead atoms. The number of fused-ring (bicyclic) bond motifs is 1. The summed E-state index contributed by atoms with van der Waals surface area (Å²) < 4.78 is 7.59. The van der Waals surface area contributed by atoms with E-state index in [1.807, 2.05) is 17.7 Å². The van der Waals surface area contributed by atoms with E-state index in [4.69, 9.17) is 4.74 Å². The zero-order valence-corrected chi connectivity index (χ0v) is 7.37. The zero-order valence-electron chi connectivity index (χ0n) is 7.37. The van der Waals surface area contributed by atoms with Gasteiger partial charge < -0.3 is 4.74 Å². The highest BCUT2D eigenvalue weighted by atomic mass is 16.5. The van der Waals surface area contributed by atoms with Crippen molar-refractivity contribution in [3.8, 4) is 5.75 Å². The van der Waals surface area contributed by atoms with Gasteiger partial charge >= 0.3 is 0 Å². The van der Waals surface area contributed by atoms with Crippen molar-refractivity contribution in [1.29, 1.82) is 0 Å². The van der Waals surface area contributed by atoms with Crippen molar-refractivity contribution in [3.63, 3.8) is 0 Å². The molecule has 0 radical (unpaired) electrons. The van der Waals surface area contributed by atoms with Crippen LogP contribution in [0.5, 0.6) is 5.75 Å². The number of rotatable bonds is 0. The molecule has 1 aliphatic rings. The SMILES string of the molecule is Cc1cccc2c1OC[N+](C)=C2. The Morgan fingerprint density at radius 1 is 1.42 bits per heavy atom. The molecule has 1 aromatic carbocycles. The average molecular weight is 162 g/mol. The highest BCUT2D eigenvalue weighted by Crippen LogP contribution is 2.23. The van der Waals surface area contributed by atoms with Gasteiger partial charge in [-0.3, -0.25) is 0 Å². The Morgan fingerprint density at radius 3 is 3.08 bits per heavy atom. The van der Waals surface area contributed by atoms with Crippen LogP contribution >= 0.6 is 0 Å². The van der Waals surface area contributed by atoms with Gasteiger partial charge in [0.15, 0.2) is 6.21 Å². The lowest BCUT2D eigenvalue weighted by Crippen LogP contribution is -2.21. The van der Waals surface area contributed by atoms with Crippen molar-refractivity contribution in [2.75, 3.05) is 13.8 Å². The van der Waals surface area contributed by atoms with Crippen molar-refractivity contribution < 1.29 is 9.31 Å². The number of aryl methyl sites for hydroxylation is 1. The Bertz CT molecular complexity index is 342. The summed E-state index contributed by atoms with van der Waals surface area (Å²) in [6.07, 6.45) is 2.10. The molecule has 62 valence electrons. The predicted molar refractivity (Wildman–Crippen MR) is 48.0 cm³/mol. The largest absolute Gasteiger partial charge is 0.435 e. The van der Waals surface area contributed by atoms with Gasteiger partial charge in [0, 0.05) is 0 Å². The van der Waals surface area contributed by atoms with Crippen LogP contribution in [0, 0.1) is 6.92 Å². The second-order valence-electron chi connectivity index (χ2n) is 3.15. The molecular weight excluding hydrogens is 150 g/mol. The van der Waals surface area contributed by atoms with Gasteiger partial charge in [-0.1, -0.05) is 12.1 Å². The van der Waals surface area contributed by atoms with Crippen LogP contribution in [0.4, 0.5) is 0 Å². The minimum Gasteiger partial charge on any atom is -0.435 e. The van der Waals surface area contributed by atoms with E-state index in [0.717, 1.165) is 5.75 Å². The molecule has 12 heavy (non-hydrogen) atoms. The van der Waals surface area contributed by atoms with Crippen molar-refractivity contribution in [3.05, 3.63) is 29.3 Å². The van der Waals surface area contributed by atoms with Gasteiger partial charge in [-0.25, -0.2) is 4.58 Å². The van der Waals surface area contributed by atoms with E-state index >= 15 is 0 Å². The first-order valence-electron chi connectivity index (χ1n) is 4.05. The Morgan fingerprint density at radius 2 is 2.25 bits per heavy atom. The maximum atomic E-state index is 5.56. The smallest absolute Gasteiger partial charge is 0.286 e. The Hall–Kier alpha value is -1.31. The summed E-state index contributed by atoms with van der Waals surface area (Å²) in [7, 11) is 2.01. The summed E-state index contributed by atoms with van der Waals surface area (Å²) in [5.74, 6) is 1.02. The number of para-hydroxylation sites is 1. The fourth-order valence-electron chi connectivity index (χ4n) is 1.42. The van der Waals surface area contributed by atoms with Crippen LogP contribution in [0.25, 0.3) is 0 Å². The molecule has 1 aliphatic heterocycles. The molecule has 2 nitrogen and oxygen atoms in total. The van der Waals surface area contributed by atoms with Crippen LogP contribution in [0.2, 0.25) is 0 Å². The molecule has 0 aromatic heterocycles. The number of hydrogen-bond donors (Lipinski definition) is 0. The number of nitrogens with zero attached hydrogens (tertiary/aromatic N) is 1. The topological polar surface area (TPSA) is 12.2 Å². The lowest BCUT2D eigenvalue weighted by molar-refractivity contribution is -0.528.